The number of hydrogen-bond acceptors (Lipinski definition) is 9. The van der Waals surface area contributed by atoms with Crippen LogP contribution in [-0.4, -0.2) is 91.7 Å². The van der Waals surface area contributed by atoms with Gasteiger partial charge in [-0.25, -0.2) is 18.0 Å². The van der Waals surface area contributed by atoms with Crippen LogP contribution in [0.4, 0.5) is 10.5 Å². The number of rotatable bonds is 14. The van der Waals surface area contributed by atoms with E-state index in [1.54, 1.807) is 18.2 Å². The zero-order valence-electron chi connectivity index (χ0n) is 28.4. The maximum atomic E-state index is 14.3. The van der Waals surface area contributed by atoms with Gasteiger partial charge >= 0.3 is 12.1 Å². The fraction of sp³-hybridized carbons (Fsp3) is 0.432. The number of benzene rings is 3. The lowest BCUT2D eigenvalue weighted by molar-refractivity contribution is -0.117. The number of fused-ring (bicyclic) bond motifs is 2. The number of aromatic carboxylic acids is 1. The molecule has 0 saturated carbocycles. The Hall–Kier alpha value is -4.34. The van der Waals surface area contributed by atoms with Gasteiger partial charge in [-0.1, -0.05) is 56.3 Å². The molecule has 0 aromatic heterocycles. The van der Waals surface area contributed by atoms with Crippen molar-refractivity contribution in [2.75, 3.05) is 31.6 Å². The molecule has 0 aliphatic carbocycles. The number of anilines is 1. The lowest BCUT2D eigenvalue weighted by Crippen LogP contribution is -2.51. The third-order valence-corrected chi connectivity index (χ3v) is 11.3. The van der Waals surface area contributed by atoms with Gasteiger partial charge in [0.1, 0.15) is 6.10 Å². The smallest absolute Gasteiger partial charge is 0.407 e. The molecule has 14 heteroatoms. The molecule has 3 aromatic carbocycles. The van der Waals surface area contributed by atoms with Gasteiger partial charge in [0.25, 0.3) is 0 Å². The van der Waals surface area contributed by atoms with E-state index in [-0.39, 0.29) is 60.7 Å². The predicted molar refractivity (Wildman–Crippen MR) is 186 cm³/mol. The van der Waals surface area contributed by atoms with Crippen molar-refractivity contribution >= 4 is 33.7 Å². The Morgan fingerprint density at radius 3 is 2.47 bits per heavy atom. The number of carbonyl (C=O) groups excluding carboxylic acids is 2. The molecule has 0 spiro atoms. The van der Waals surface area contributed by atoms with Crippen molar-refractivity contribution in [1.82, 2.24) is 9.62 Å². The molecule has 4 N–H and O–H groups in total. The first-order valence-electron chi connectivity index (χ1n) is 17.1. The predicted octanol–water partition coefficient (Wildman–Crippen LogP) is 3.77. The number of carbonyl (C=O) groups is 3. The Morgan fingerprint density at radius 2 is 1.76 bits per heavy atom. The minimum atomic E-state index is -4.21. The number of nitrogens with zero attached hydrogens (tertiary/aromatic N) is 1. The summed E-state index contributed by atoms with van der Waals surface area (Å²) in [5.41, 5.74) is 2.67. The lowest BCUT2D eigenvalue weighted by Gasteiger charge is -2.31. The largest absolute Gasteiger partial charge is 0.478 e. The second kappa shape index (κ2) is 15.5. The molecule has 2 saturated heterocycles. The Labute approximate surface area is 296 Å². The van der Waals surface area contributed by atoms with Crippen LogP contribution in [0.5, 0.6) is 0 Å². The molecule has 3 aliphatic rings. The lowest BCUT2D eigenvalue weighted by atomic mass is 9.93. The van der Waals surface area contributed by atoms with Gasteiger partial charge in [-0.05, 0) is 72.2 Å². The van der Waals surface area contributed by atoms with Gasteiger partial charge < -0.3 is 35.1 Å². The monoisotopic (exact) mass is 721 g/mol. The van der Waals surface area contributed by atoms with Gasteiger partial charge in [-0.15, -0.1) is 0 Å². The van der Waals surface area contributed by atoms with Crippen LogP contribution in [0, 0.1) is 11.8 Å². The summed E-state index contributed by atoms with van der Waals surface area (Å²) in [5.74, 6) is -2.24. The van der Waals surface area contributed by atoms with E-state index in [0.29, 0.717) is 24.3 Å². The highest BCUT2D eigenvalue weighted by Gasteiger charge is 2.44. The maximum absolute atomic E-state index is 14.3. The molecule has 0 radical (unpaired) electrons. The van der Waals surface area contributed by atoms with Crippen molar-refractivity contribution in [1.29, 1.82) is 0 Å². The first-order chi connectivity index (χ1) is 24.4. The highest BCUT2D eigenvalue weighted by molar-refractivity contribution is 7.89. The van der Waals surface area contributed by atoms with E-state index in [1.807, 2.05) is 44.2 Å². The number of ether oxygens (including phenoxy) is 3. The summed E-state index contributed by atoms with van der Waals surface area (Å²) >= 11 is 0. The van der Waals surface area contributed by atoms with Crippen molar-refractivity contribution in [2.24, 2.45) is 11.8 Å². The van der Waals surface area contributed by atoms with Gasteiger partial charge in [0.15, 0.2) is 6.29 Å². The fourth-order valence-electron chi connectivity index (χ4n) is 6.87. The molecule has 2 amide bonds. The SMILES string of the molecule is CC(C)CN(CC(O)C(Cc1ccccc1)NC(=O)OC1COC2OCCC12)S(=O)(=O)c1ccc2c(c1)C(Cc1ccc(C(=O)O)cc1)C(=O)N2. The molecule has 3 aromatic rings. The van der Waals surface area contributed by atoms with Gasteiger partial charge in [-0.3, -0.25) is 4.79 Å². The molecular formula is C37H43N3O10S. The van der Waals surface area contributed by atoms with E-state index in [0.717, 1.165) is 11.1 Å². The van der Waals surface area contributed by atoms with E-state index in [9.17, 15) is 33.0 Å². The summed E-state index contributed by atoms with van der Waals surface area (Å²) in [6.45, 7) is 4.22. The molecule has 3 heterocycles. The molecule has 2 fully saturated rings. The van der Waals surface area contributed by atoms with E-state index in [1.165, 1.54) is 28.6 Å². The Morgan fingerprint density at radius 1 is 1.02 bits per heavy atom. The van der Waals surface area contributed by atoms with Crippen molar-refractivity contribution in [2.45, 2.75) is 68.5 Å². The van der Waals surface area contributed by atoms with Crippen LogP contribution in [0.2, 0.25) is 0 Å². The Bertz CT molecular complexity index is 1840. The first-order valence-corrected chi connectivity index (χ1v) is 18.5. The summed E-state index contributed by atoms with van der Waals surface area (Å²) in [6.07, 6.45) is -1.82. The number of aliphatic hydroxyl groups is 1. The highest BCUT2D eigenvalue weighted by atomic mass is 32.2. The molecule has 51 heavy (non-hydrogen) atoms. The molecule has 0 bridgehead atoms. The Balaban J connectivity index is 1.21. The van der Waals surface area contributed by atoms with Gasteiger partial charge in [0.2, 0.25) is 15.9 Å². The van der Waals surface area contributed by atoms with E-state index >= 15 is 0 Å². The molecule has 6 unspecified atom stereocenters. The Kier molecular flexibility index (Phi) is 11.1. The maximum Gasteiger partial charge on any atom is 0.407 e. The van der Waals surface area contributed by atoms with Gasteiger partial charge in [0.05, 0.1) is 47.7 Å². The first kappa shape index (κ1) is 36.5. The van der Waals surface area contributed by atoms with Crippen molar-refractivity contribution in [3.63, 3.8) is 0 Å². The molecule has 6 atom stereocenters. The summed E-state index contributed by atoms with van der Waals surface area (Å²) in [6, 6.07) is 19.0. The third kappa shape index (κ3) is 8.42. The number of alkyl carbamates (subject to hydrolysis) is 1. The van der Waals surface area contributed by atoms with Crippen LogP contribution < -0.4 is 10.6 Å². The number of sulfonamides is 1. The second-order valence-corrected chi connectivity index (χ2v) is 15.6. The topological polar surface area (TPSA) is 181 Å². The summed E-state index contributed by atoms with van der Waals surface area (Å²) in [7, 11) is -4.21. The molecule has 6 rings (SSSR count). The zero-order chi connectivity index (χ0) is 36.3. The highest BCUT2D eigenvalue weighted by Crippen LogP contribution is 2.37. The fourth-order valence-corrected chi connectivity index (χ4v) is 8.53. The second-order valence-electron chi connectivity index (χ2n) is 13.7. The van der Waals surface area contributed by atoms with Crippen LogP contribution in [-0.2, 0) is 41.9 Å². The molecule has 3 aliphatic heterocycles. The zero-order valence-corrected chi connectivity index (χ0v) is 29.3. The minimum absolute atomic E-state index is 0.0432. The van der Waals surface area contributed by atoms with Gasteiger partial charge in [0, 0.05) is 18.8 Å². The number of nitrogens with one attached hydrogen (secondary N) is 2. The average Bonchev–Trinajstić information content (AvgIpc) is 3.80. The standard InChI is InChI=1S/C37H43N3O10S/c1-22(2)19-40(20-32(41)31(17-23-6-4-3-5-7-23)39-37(45)50-33-21-49-36-27(33)14-15-48-36)51(46,47)26-12-13-30-28(18-26)29(34(42)38-30)16-24-8-10-25(11-9-24)35(43)44/h3-13,18,22,27,29,31-33,36,41H,14-17,19-21H2,1-2H3,(H,38,42)(H,39,45)(H,43,44). The van der Waals surface area contributed by atoms with E-state index in [2.05, 4.69) is 10.6 Å². The van der Waals surface area contributed by atoms with Crippen LogP contribution in [0.15, 0.2) is 77.7 Å². The van der Waals surface area contributed by atoms with Crippen LogP contribution in [0.1, 0.15) is 53.2 Å². The molecule has 272 valence electrons. The van der Waals surface area contributed by atoms with Crippen molar-refractivity contribution < 1.29 is 47.2 Å². The summed E-state index contributed by atoms with van der Waals surface area (Å²) in [5, 5.41) is 26.5. The minimum Gasteiger partial charge on any atom is -0.478 e. The number of carboxylic acid groups (broad SMARTS) is 1. The molecular weight excluding hydrogens is 678 g/mol. The van der Waals surface area contributed by atoms with E-state index in [4.69, 9.17) is 14.2 Å². The van der Waals surface area contributed by atoms with Crippen molar-refractivity contribution in [3.8, 4) is 0 Å². The quantitative estimate of drug-likeness (QED) is 0.191. The van der Waals surface area contributed by atoms with Crippen LogP contribution >= 0.6 is 0 Å². The van der Waals surface area contributed by atoms with Gasteiger partial charge in [-0.2, -0.15) is 4.31 Å². The van der Waals surface area contributed by atoms with E-state index < -0.39 is 52.5 Å². The number of amides is 2. The normalized spacial score (nSPS) is 22.3. The van der Waals surface area contributed by atoms with Crippen molar-refractivity contribution in [3.05, 3.63) is 95.1 Å². The summed E-state index contributed by atoms with van der Waals surface area (Å²) < 4.78 is 46.7. The van der Waals surface area contributed by atoms with Crippen LogP contribution in [0.25, 0.3) is 0 Å². The molecule has 13 nitrogen and oxygen atoms in total. The average molecular weight is 722 g/mol. The number of carboxylic acids is 1. The number of aliphatic hydroxyl groups excluding tert-OH is 1. The van der Waals surface area contributed by atoms with Crippen LogP contribution in [0.3, 0.4) is 0 Å². The third-order valence-electron chi connectivity index (χ3n) is 9.52. The number of hydrogen-bond donors (Lipinski definition) is 4. The summed E-state index contributed by atoms with van der Waals surface area (Å²) in [4.78, 5) is 37.4.